The van der Waals surface area contributed by atoms with Crippen molar-refractivity contribution in [3.63, 3.8) is 0 Å². The molecule has 6 heterocycles. The van der Waals surface area contributed by atoms with E-state index in [0.29, 0.717) is 76.7 Å². The number of nitrogens with zero attached hydrogens (tertiary/aromatic N) is 3. The van der Waals surface area contributed by atoms with E-state index in [0.717, 1.165) is 35.7 Å². The predicted molar refractivity (Wildman–Crippen MR) is 392 cm³/mol. The van der Waals surface area contributed by atoms with E-state index in [1.807, 2.05) is 12.1 Å². The van der Waals surface area contributed by atoms with E-state index < -0.39 is 84.9 Å². The van der Waals surface area contributed by atoms with Crippen LogP contribution >= 0.6 is 58.5 Å². The summed E-state index contributed by atoms with van der Waals surface area (Å²) in [7, 11) is 0. The number of fused-ring (bicyclic) bond motifs is 3. The van der Waals surface area contributed by atoms with Gasteiger partial charge in [0.2, 0.25) is 0 Å². The second-order valence-electron chi connectivity index (χ2n) is 22.7. The number of aromatic nitrogens is 3. The van der Waals surface area contributed by atoms with E-state index >= 15 is 0 Å². The van der Waals surface area contributed by atoms with Gasteiger partial charge < -0.3 is 28.6 Å². The third-order valence-electron chi connectivity index (χ3n) is 15.9. The van der Waals surface area contributed by atoms with Gasteiger partial charge >= 0.3 is 23.1 Å². The average molecular weight is 1510 g/mol. The van der Waals surface area contributed by atoms with E-state index in [2.05, 4.69) is 0 Å². The van der Waals surface area contributed by atoms with Crippen molar-refractivity contribution in [1.29, 1.82) is 0 Å². The van der Waals surface area contributed by atoms with E-state index in [1.54, 1.807) is 127 Å². The topological polar surface area (TPSA) is 217 Å². The van der Waals surface area contributed by atoms with Gasteiger partial charge in [-0.25, -0.2) is 27.6 Å². The van der Waals surface area contributed by atoms with Gasteiger partial charge in [0.05, 0.1) is 22.6 Å². The van der Waals surface area contributed by atoms with Gasteiger partial charge in [-0.1, -0.05) is 162 Å². The molecular weight excluding hydrogens is 1460 g/mol. The maximum Gasteiger partial charge on any atom is 0.416 e. The van der Waals surface area contributed by atoms with Gasteiger partial charge in [-0.2, -0.15) is 13.2 Å². The average Bonchev–Trinajstić information content (AvgIpc) is 0.756. The molecule has 0 aliphatic heterocycles. The second kappa shape index (κ2) is 30.2. The molecule has 0 saturated carbocycles. The Morgan fingerprint density at radius 1 is 0.333 bits per heavy atom. The summed E-state index contributed by atoms with van der Waals surface area (Å²) < 4.78 is 100. The number of aromatic hydroxyl groups is 3. The largest absolute Gasteiger partial charge is 0.505 e. The van der Waals surface area contributed by atoms with E-state index in [4.69, 9.17) is 36.5 Å². The molecule has 105 heavy (non-hydrogen) atoms. The Morgan fingerprint density at radius 2 is 0.648 bits per heavy atom. The molecule has 15 rings (SSSR count). The first kappa shape index (κ1) is 71.5. The van der Waals surface area contributed by atoms with Crippen molar-refractivity contribution in [2.75, 3.05) is 0 Å². The number of hydrogen-bond acceptors (Lipinski definition) is 15. The fourth-order valence-electron chi connectivity index (χ4n) is 11.1. The molecule has 0 fully saturated rings. The minimum atomic E-state index is -4.61. The van der Waals surface area contributed by atoms with Crippen LogP contribution in [0.5, 0.6) is 17.2 Å². The quantitative estimate of drug-likeness (QED) is 0.0969. The maximum atomic E-state index is 13.7. The maximum absolute atomic E-state index is 13.7. The van der Waals surface area contributed by atoms with Crippen molar-refractivity contribution < 1.29 is 54.9 Å². The lowest BCUT2D eigenvalue weighted by Crippen LogP contribution is -2.21. The molecule has 0 aliphatic rings. The summed E-state index contributed by atoms with van der Waals surface area (Å²) in [4.78, 5) is 80.0. The van der Waals surface area contributed by atoms with Gasteiger partial charge in [-0.15, -0.1) is 0 Å². The number of hydrogen-bond donors (Lipinski definition) is 3. The van der Waals surface area contributed by atoms with Crippen molar-refractivity contribution in [2.24, 2.45) is 0 Å². The van der Waals surface area contributed by atoms with Crippen LogP contribution in [-0.2, 0) is 6.18 Å². The molecule has 0 aliphatic carbocycles. The van der Waals surface area contributed by atoms with Gasteiger partial charge in [0, 0.05) is 60.0 Å². The lowest BCUT2D eigenvalue weighted by atomic mass is 10.1. The Hall–Kier alpha value is -11.9. The Bertz CT molecular complexity index is 6230. The molecule has 0 amide bonds. The van der Waals surface area contributed by atoms with E-state index in [-0.39, 0.29) is 53.3 Å². The minimum Gasteiger partial charge on any atom is -0.505 e. The minimum absolute atomic E-state index is 0.0107. The molecule has 522 valence electrons. The molecule has 26 heteroatoms. The highest BCUT2D eigenvalue weighted by atomic mass is 35.5. The summed E-state index contributed by atoms with van der Waals surface area (Å²) in [5.74, 6) is -3.12. The van der Waals surface area contributed by atoms with Gasteiger partial charge in [0.1, 0.15) is 65.0 Å². The molecule has 0 spiro atoms. The van der Waals surface area contributed by atoms with Crippen LogP contribution in [0, 0.1) is 17.5 Å². The van der Waals surface area contributed by atoms with Crippen LogP contribution in [0.2, 0.25) is 10.0 Å². The van der Waals surface area contributed by atoms with Gasteiger partial charge in [-0.3, -0.25) is 28.1 Å². The van der Waals surface area contributed by atoms with Crippen molar-refractivity contribution in [3.05, 3.63) is 350 Å². The fourth-order valence-corrected chi connectivity index (χ4v) is 14.1. The third-order valence-corrected chi connectivity index (χ3v) is 19.6. The SMILES string of the molecule is O=c1oc2cc(-c3ccccc3)n(-c3ccc(F)cc3)c(=O)c2c(O)c1Sc1ccc(Cl)cc1.O=c1oc2cc(-c3ccccc3)n(-c3ccc(F)cc3)c(=O)c2c(O)c1Sc1cccc(C(F)(F)F)c1.O=c1oc2cc(-c3ccccc3)n(-c3ccc(F)cc3)c(=O)c2c(O)c1Sc1cccc(Cl)c1. The van der Waals surface area contributed by atoms with Crippen LogP contribution in [0.4, 0.5) is 26.3 Å². The molecule has 0 unspecified atom stereocenters. The highest BCUT2D eigenvalue weighted by Gasteiger charge is 2.32. The Kier molecular flexibility index (Phi) is 20.5. The molecule has 3 N–H and O–H groups in total. The van der Waals surface area contributed by atoms with Crippen molar-refractivity contribution >= 4 is 91.4 Å². The van der Waals surface area contributed by atoms with Crippen LogP contribution in [0.15, 0.2) is 326 Å². The number of alkyl halides is 3. The van der Waals surface area contributed by atoms with Crippen LogP contribution in [0.3, 0.4) is 0 Å². The van der Waals surface area contributed by atoms with Crippen LogP contribution < -0.4 is 33.6 Å². The van der Waals surface area contributed by atoms with Crippen LogP contribution in [0.25, 0.3) is 83.7 Å². The third kappa shape index (κ3) is 15.1. The Labute approximate surface area is 610 Å². The fraction of sp³-hybridized carbons (Fsp3) is 0.0127. The van der Waals surface area contributed by atoms with Gasteiger partial charge in [0.25, 0.3) is 16.7 Å². The van der Waals surface area contributed by atoms with Crippen molar-refractivity contribution in [1.82, 2.24) is 13.7 Å². The summed E-state index contributed by atoms with van der Waals surface area (Å²) in [6, 6.07) is 64.7. The van der Waals surface area contributed by atoms with Crippen LogP contribution in [0.1, 0.15) is 5.56 Å². The zero-order chi connectivity index (χ0) is 74.0. The second-order valence-corrected chi connectivity index (χ2v) is 26.8. The molecule has 15 aromatic rings. The molecule has 9 aromatic carbocycles. The molecule has 0 saturated heterocycles. The van der Waals surface area contributed by atoms with Crippen molar-refractivity contribution in [2.45, 2.75) is 35.5 Å². The smallest absolute Gasteiger partial charge is 0.416 e. The molecule has 15 nitrogen and oxygen atoms in total. The van der Waals surface area contributed by atoms with Crippen LogP contribution in [-0.4, -0.2) is 29.0 Å². The zero-order valence-corrected chi connectivity index (χ0v) is 57.3. The molecule has 6 aromatic heterocycles. The highest BCUT2D eigenvalue weighted by molar-refractivity contribution is 8.00. The Morgan fingerprint density at radius 3 is 0.971 bits per heavy atom. The lowest BCUT2D eigenvalue weighted by Gasteiger charge is -2.15. The summed E-state index contributed by atoms with van der Waals surface area (Å²) >= 11 is 14.4. The standard InChI is InChI=1S/C27H15F4NO4S.2C26H15ClFNO4S/c28-17-9-11-18(12-10-17)32-20(15-5-2-1-3-6-15)14-21-22(25(32)34)23(33)24(26(35)36-21)37-19-8-4-7-16(13-19)27(29,30)31;27-16-7-4-8-19(13-16)34-24-23(30)22-21(33-26(24)32)14-20(15-5-2-1-3-6-15)29(25(22)31)18-11-9-17(28)10-12-18;27-16-6-12-19(13-7-16)34-24-23(30)22-21(33-26(24)32)14-20(15-4-2-1-3-5-15)29(25(22)31)18-10-8-17(28)9-11-18/h1-14,33H;2*1-14,30H. The van der Waals surface area contributed by atoms with E-state index in [9.17, 15) is 70.4 Å². The van der Waals surface area contributed by atoms with Gasteiger partial charge in [0.15, 0.2) is 17.2 Å². The normalized spacial score (nSPS) is 11.3. The monoisotopic (exact) mass is 1510 g/mol. The number of benzene rings is 9. The lowest BCUT2D eigenvalue weighted by molar-refractivity contribution is -0.137. The first-order valence-corrected chi connectivity index (χ1v) is 34.2. The zero-order valence-electron chi connectivity index (χ0n) is 53.4. The number of rotatable bonds is 12. The molecule has 0 bridgehead atoms. The van der Waals surface area contributed by atoms with Crippen molar-refractivity contribution in [3.8, 4) is 68.1 Å². The Balaban J connectivity index is 0.000000140. The number of pyridine rings is 3. The van der Waals surface area contributed by atoms with E-state index in [1.165, 1.54) is 117 Å². The first-order chi connectivity index (χ1) is 50.5. The molecule has 0 radical (unpaired) electrons. The molecule has 0 atom stereocenters. The highest BCUT2D eigenvalue weighted by Crippen LogP contribution is 2.42. The summed E-state index contributed by atoms with van der Waals surface area (Å²) in [5.41, 5.74) is -1.68. The number of halogens is 8. The molecular formula is C79H45Cl2F6N3O12S3. The predicted octanol–water partition coefficient (Wildman–Crippen LogP) is 19.1. The summed E-state index contributed by atoms with van der Waals surface area (Å²) in [6.45, 7) is 0. The summed E-state index contributed by atoms with van der Waals surface area (Å²) in [6.07, 6.45) is -4.61. The van der Waals surface area contributed by atoms with Gasteiger partial charge in [-0.05, 0) is 150 Å². The first-order valence-electron chi connectivity index (χ1n) is 31.0. The summed E-state index contributed by atoms with van der Waals surface area (Å²) in [5, 5.41) is 33.4.